The van der Waals surface area contributed by atoms with Crippen molar-refractivity contribution < 1.29 is 28.8 Å². The highest BCUT2D eigenvalue weighted by molar-refractivity contribution is 9.10. The first-order chi connectivity index (χ1) is 18.3. The van der Waals surface area contributed by atoms with Crippen LogP contribution in [0.15, 0.2) is 45.8 Å². The zero-order valence-electron chi connectivity index (χ0n) is 20.7. The summed E-state index contributed by atoms with van der Waals surface area (Å²) in [4.78, 5) is 51.6. The smallest absolute Gasteiger partial charge is 0.294 e. The highest BCUT2D eigenvalue weighted by Crippen LogP contribution is 2.38. The fourth-order valence-electron chi connectivity index (χ4n) is 4.14. The van der Waals surface area contributed by atoms with Crippen molar-refractivity contribution in [3.63, 3.8) is 0 Å². The Morgan fingerprint density at radius 3 is 2.42 bits per heavy atom. The third kappa shape index (κ3) is 6.54. The molecule has 38 heavy (non-hydrogen) atoms. The van der Waals surface area contributed by atoms with Gasteiger partial charge in [0, 0.05) is 29.7 Å². The average Bonchev–Trinajstić information content (AvgIpc) is 3.09. The topological polar surface area (TPSA) is 119 Å². The number of benzene rings is 2. The van der Waals surface area contributed by atoms with Crippen LogP contribution in [0.3, 0.4) is 0 Å². The highest BCUT2D eigenvalue weighted by atomic mass is 79.9. The lowest BCUT2D eigenvalue weighted by Crippen LogP contribution is -2.42. The fourth-order valence-corrected chi connectivity index (χ4v) is 5.41. The Morgan fingerprint density at radius 2 is 1.79 bits per heavy atom. The number of thioether (sulfide) groups is 1. The summed E-state index contributed by atoms with van der Waals surface area (Å²) in [6, 6.07) is 9.39. The van der Waals surface area contributed by atoms with Gasteiger partial charge >= 0.3 is 0 Å². The van der Waals surface area contributed by atoms with Gasteiger partial charge in [0.1, 0.15) is 13.2 Å². The Hall–Kier alpha value is -3.38. The molecule has 2 aliphatic heterocycles. The van der Waals surface area contributed by atoms with Crippen molar-refractivity contribution in [2.75, 3.05) is 26.7 Å². The van der Waals surface area contributed by atoms with E-state index in [1.54, 1.807) is 35.2 Å². The van der Waals surface area contributed by atoms with Gasteiger partial charge in [0.15, 0.2) is 11.5 Å². The van der Waals surface area contributed by atoms with Crippen molar-refractivity contribution in [3.8, 4) is 11.5 Å². The normalized spacial score (nSPS) is 17.1. The average molecular weight is 604 g/mol. The number of likely N-dealkylation sites (tertiary alicyclic amines) is 1. The maximum atomic E-state index is 13.0. The molecule has 0 aliphatic carbocycles. The number of amides is 3. The number of carbonyl (C=O) groups is 3. The second kappa shape index (κ2) is 12.4. The lowest BCUT2D eigenvalue weighted by atomic mass is 10.1. The lowest BCUT2D eigenvalue weighted by molar-refractivity contribution is -0.384. The van der Waals surface area contributed by atoms with E-state index < -0.39 is 16.1 Å². The Bertz CT molecular complexity index is 1270. The lowest BCUT2D eigenvalue weighted by Gasteiger charge is -2.22. The molecule has 2 aliphatic rings. The molecular formula is C26H26BrN3O7S. The van der Waals surface area contributed by atoms with Crippen molar-refractivity contribution >= 4 is 56.5 Å². The first kappa shape index (κ1) is 27.6. The molecule has 12 heteroatoms. The van der Waals surface area contributed by atoms with Gasteiger partial charge in [-0.25, -0.2) is 0 Å². The summed E-state index contributed by atoms with van der Waals surface area (Å²) in [5, 5.41) is 10.4. The molecule has 4 rings (SSSR count). The number of nitrogens with zero attached hydrogens (tertiary/aromatic N) is 3. The van der Waals surface area contributed by atoms with Crippen molar-refractivity contribution in [2.24, 2.45) is 0 Å². The molecule has 0 saturated carbocycles. The Balaban J connectivity index is 1.46. The highest BCUT2D eigenvalue weighted by Gasteiger charge is 2.37. The SMILES string of the molecule is COc1cc(C=C2SC(=O)N(CC(=O)N3CCCCCC3)C2=O)c(Br)cc1OCc1ccc([N+](=O)[O-])cc1. The molecule has 0 atom stereocenters. The van der Waals surface area contributed by atoms with E-state index in [1.165, 1.54) is 19.2 Å². The molecule has 2 fully saturated rings. The van der Waals surface area contributed by atoms with Crippen LogP contribution in [0, 0.1) is 10.1 Å². The number of carbonyl (C=O) groups excluding carboxylic acids is 3. The van der Waals surface area contributed by atoms with Crippen LogP contribution in [0.25, 0.3) is 6.08 Å². The van der Waals surface area contributed by atoms with E-state index >= 15 is 0 Å². The quantitative estimate of drug-likeness (QED) is 0.224. The maximum Gasteiger partial charge on any atom is 0.294 e. The standard InChI is InChI=1S/C26H26BrN3O7S/c1-36-21-12-18(20(27)14-22(21)37-16-17-6-8-19(9-7-17)30(34)35)13-23-25(32)29(26(33)38-23)15-24(31)28-10-4-2-3-5-11-28/h6-9,12-14H,2-5,10-11,15-16H2,1H3. The van der Waals surface area contributed by atoms with E-state index in [1.807, 2.05) is 0 Å². The summed E-state index contributed by atoms with van der Waals surface area (Å²) in [5.74, 6) is 0.100. The van der Waals surface area contributed by atoms with Crippen LogP contribution < -0.4 is 9.47 Å². The first-order valence-corrected chi connectivity index (χ1v) is 13.6. The zero-order chi connectivity index (χ0) is 27.2. The van der Waals surface area contributed by atoms with Gasteiger partial charge in [0.25, 0.3) is 16.8 Å². The van der Waals surface area contributed by atoms with Gasteiger partial charge in [-0.05, 0) is 66.1 Å². The Labute approximate surface area is 232 Å². The van der Waals surface area contributed by atoms with E-state index in [9.17, 15) is 24.5 Å². The first-order valence-electron chi connectivity index (χ1n) is 12.0. The number of hydrogen-bond donors (Lipinski definition) is 0. The van der Waals surface area contributed by atoms with Gasteiger partial charge < -0.3 is 14.4 Å². The molecule has 2 aromatic carbocycles. The van der Waals surface area contributed by atoms with Crippen LogP contribution in [0.1, 0.15) is 36.8 Å². The predicted octanol–water partition coefficient (Wildman–Crippen LogP) is 5.38. The second-order valence-corrected chi connectivity index (χ2v) is 10.6. The van der Waals surface area contributed by atoms with Gasteiger partial charge in [-0.3, -0.25) is 29.4 Å². The van der Waals surface area contributed by atoms with Crippen LogP contribution in [-0.4, -0.2) is 58.5 Å². The number of non-ortho nitro benzene ring substituents is 1. The van der Waals surface area contributed by atoms with Crippen LogP contribution in [-0.2, 0) is 16.2 Å². The van der Waals surface area contributed by atoms with Gasteiger partial charge in [-0.2, -0.15) is 0 Å². The Morgan fingerprint density at radius 1 is 1.11 bits per heavy atom. The van der Waals surface area contributed by atoms with Gasteiger partial charge in [0.05, 0.1) is 16.9 Å². The van der Waals surface area contributed by atoms with Crippen LogP contribution >= 0.6 is 27.7 Å². The number of rotatable bonds is 8. The molecule has 10 nitrogen and oxygen atoms in total. The molecule has 200 valence electrons. The molecular weight excluding hydrogens is 578 g/mol. The molecule has 0 N–H and O–H groups in total. The summed E-state index contributed by atoms with van der Waals surface area (Å²) >= 11 is 4.28. The Kier molecular flexibility index (Phi) is 9.05. The molecule has 0 radical (unpaired) electrons. The number of halogens is 1. The van der Waals surface area contributed by atoms with E-state index in [-0.39, 0.29) is 29.7 Å². The van der Waals surface area contributed by atoms with Crippen LogP contribution in [0.4, 0.5) is 10.5 Å². The third-order valence-electron chi connectivity index (χ3n) is 6.24. The molecule has 3 amide bonds. The van der Waals surface area contributed by atoms with Crippen molar-refractivity contribution in [1.82, 2.24) is 9.80 Å². The summed E-state index contributed by atoms with van der Waals surface area (Å²) in [6.07, 6.45) is 5.59. The maximum absolute atomic E-state index is 13.0. The molecule has 0 spiro atoms. The summed E-state index contributed by atoms with van der Waals surface area (Å²) < 4.78 is 11.9. The van der Waals surface area contributed by atoms with Gasteiger partial charge in [0.2, 0.25) is 5.91 Å². The van der Waals surface area contributed by atoms with E-state index in [0.717, 1.165) is 47.9 Å². The van der Waals surface area contributed by atoms with E-state index in [0.29, 0.717) is 34.6 Å². The number of hydrogen-bond acceptors (Lipinski definition) is 8. The van der Waals surface area contributed by atoms with Crippen LogP contribution in [0.2, 0.25) is 0 Å². The minimum Gasteiger partial charge on any atom is -0.493 e. The molecule has 0 unspecified atom stereocenters. The number of methoxy groups -OCH3 is 1. The van der Waals surface area contributed by atoms with Gasteiger partial charge in [-0.1, -0.05) is 28.8 Å². The van der Waals surface area contributed by atoms with Crippen molar-refractivity contribution in [1.29, 1.82) is 0 Å². The summed E-state index contributed by atoms with van der Waals surface area (Å²) in [5.41, 5.74) is 1.32. The molecule has 2 aromatic rings. The monoisotopic (exact) mass is 603 g/mol. The number of nitro benzene ring substituents is 1. The second-order valence-electron chi connectivity index (χ2n) is 8.80. The van der Waals surface area contributed by atoms with Crippen molar-refractivity contribution in [3.05, 3.63) is 67.0 Å². The van der Waals surface area contributed by atoms with E-state index in [4.69, 9.17) is 9.47 Å². The van der Waals surface area contributed by atoms with Crippen molar-refractivity contribution in [2.45, 2.75) is 32.3 Å². The minimum atomic E-state index is -0.507. The molecule has 0 bridgehead atoms. The van der Waals surface area contributed by atoms with Crippen LogP contribution in [0.5, 0.6) is 11.5 Å². The molecule has 0 aromatic heterocycles. The summed E-state index contributed by atoms with van der Waals surface area (Å²) in [7, 11) is 1.48. The largest absolute Gasteiger partial charge is 0.493 e. The third-order valence-corrected chi connectivity index (χ3v) is 7.83. The number of imide groups is 1. The van der Waals surface area contributed by atoms with Gasteiger partial charge in [-0.15, -0.1) is 0 Å². The number of ether oxygens (including phenoxy) is 2. The van der Waals surface area contributed by atoms with E-state index in [2.05, 4.69) is 15.9 Å². The fraction of sp³-hybridized carbons (Fsp3) is 0.346. The summed E-state index contributed by atoms with van der Waals surface area (Å²) in [6.45, 7) is 1.19. The molecule has 2 saturated heterocycles. The zero-order valence-corrected chi connectivity index (χ0v) is 23.1. The minimum absolute atomic E-state index is 0.00541. The number of nitro groups is 1. The molecule has 2 heterocycles. The predicted molar refractivity (Wildman–Crippen MR) is 146 cm³/mol.